The lowest BCUT2D eigenvalue weighted by molar-refractivity contribution is 0.606. The average molecular weight is 304 g/mol. The normalized spacial score (nSPS) is 12.4. The maximum Gasteiger partial charge on any atom is 0.129 e. The highest BCUT2D eigenvalue weighted by molar-refractivity contribution is 6.33. The van der Waals surface area contributed by atoms with Crippen LogP contribution in [0.25, 0.3) is 0 Å². The maximum atomic E-state index is 13.7. The maximum absolute atomic E-state index is 13.7. The molecule has 94 valence electrons. The van der Waals surface area contributed by atoms with Crippen LogP contribution in [0.5, 0.6) is 0 Å². The Kier molecular flexibility index (Phi) is 4.50. The highest BCUT2D eigenvalue weighted by atomic mass is 35.5. The summed E-state index contributed by atoms with van der Waals surface area (Å²) in [6, 6.07) is 11.9. The van der Waals surface area contributed by atoms with E-state index in [1.165, 1.54) is 6.07 Å². The summed E-state index contributed by atoms with van der Waals surface area (Å²) in [5, 5.41) is 0.413. The van der Waals surface area contributed by atoms with Gasteiger partial charge in [0.05, 0.1) is 5.38 Å². The van der Waals surface area contributed by atoms with E-state index in [4.69, 9.17) is 34.8 Å². The lowest BCUT2D eigenvalue weighted by Crippen LogP contribution is -2.00. The molecule has 0 saturated carbocycles. The van der Waals surface area contributed by atoms with E-state index in [0.717, 1.165) is 5.56 Å². The van der Waals surface area contributed by atoms with Gasteiger partial charge in [-0.1, -0.05) is 47.5 Å². The predicted molar refractivity (Wildman–Crippen MR) is 75.2 cm³/mol. The standard InChI is InChI=1S/C14H10Cl3F/c15-10-5-2-1-4-9(10)8-12(17)14-11(16)6-3-7-13(14)18/h1-7,12H,8H2. The molecular weight excluding hydrogens is 294 g/mol. The van der Waals surface area contributed by atoms with Crippen LogP contribution in [0, 0.1) is 5.82 Å². The number of rotatable bonds is 3. The van der Waals surface area contributed by atoms with Crippen LogP contribution in [0.3, 0.4) is 0 Å². The van der Waals surface area contributed by atoms with Crippen LogP contribution < -0.4 is 0 Å². The summed E-state index contributed by atoms with van der Waals surface area (Å²) in [7, 11) is 0. The Bertz CT molecular complexity index is 534. The van der Waals surface area contributed by atoms with Crippen molar-refractivity contribution in [3.63, 3.8) is 0 Å². The molecule has 0 heterocycles. The number of halogens is 4. The van der Waals surface area contributed by atoms with Gasteiger partial charge in [0.1, 0.15) is 5.82 Å². The molecule has 0 saturated heterocycles. The van der Waals surface area contributed by atoms with Crippen LogP contribution in [-0.4, -0.2) is 0 Å². The zero-order valence-corrected chi connectivity index (χ0v) is 11.6. The second-order valence-corrected chi connectivity index (χ2v) is 5.24. The highest BCUT2D eigenvalue weighted by Gasteiger charge is 2.18. The third kappa shape index (κ3) is 2.97. The van der Waals surface area contributed by atoms with Crippen molar-refractivity contribution < 1.29 is 4.39 Å². The molecule has 0 amide bonds. The molecule has 0 N–H and O–H groups in total. The van der Waals surface area contributed by atoms with E-state index in [9.17, 15) is 4.39 Å². The van der Waals surface area contributed by atoms with E-state index in [2.05, 4.69) is 0 Å². The number of benzene rings is 2. The molecule has 4 heteroatoms. The Morgan fingerprint density at radius 2 is 1.61 bits per heavy atom. The van der Waals surface area contributed by atoms with Crippen molar-refractivity contribution in [2.24, 2.45) is 0 Å². The van der Waals surface area contributed by atoms with Crippen LogP contribution >= 0.6 is 34.8 Å². The molecule has 2 aromatic rings. The summed E-state index contributed by atoms with van der Waals surface area (Å²) in [6.07, 6.45) is 0.432. The summed E-state index contributed by atoms with van der Waals surface area (Å²) in [5.74, 6) is -0.394. The van der Waals surface area contributed by atoms with E-state index in [-0.39, 0.29) is 0 Å². The quantitative estimate of drug-likeness (QED) is 0.642. The first-order valence-electron chi connectivity index (χ1n) is 5.41. The van der Waals surface area contributed by atoms with Gasteiger partial charge in [0, 0.05) is 15.6 Å². The molecule has 0 aliphatic carbocycles. The van der Waals surface area contributed by atoms with Gasteiger partial charge in [-0.05, 0) is 30.2 Å². The number of hydrogen-bond acceptors (Lipinski definition) is 0. The first kappa shape index (κ1) is 13.7. The smallest absolute Gasteiger partial charge is 0.129 e. The topological polar surface area (TPSA) is 0 Å². The zero-order valence-electron chi connectivity index (χ0n) is 9.34. The lowest BCUT2D eigenvalue weighted by atomic mass is 10.0. The van der Waals surface area contributed by atoms with E-state index in [1.54, 1.807) is 18.2 Å². The molecule has 2 rings (SSSR count). The van der Waals surface area contributed by atoms with Crippen LogP contribution in [-0.2, 0) is 6.42 Å². The zero-order chi connectivity index (χ0) is 13.1. The van der Waals surface area contributed by atoms with Gasteiger partial charge in [0.15, 0.2) is 0 Å². The fourth-order valence-corrected chi connectivity index (χ4v) is 2.72. The van der Waals surface area contributed by atoms with E-state index >= 15 is 0 Å². The second kappa shape index (κ2) is 5.92. The van der Waals surface area contributed by atoms with E-state index in [0.29, 0.717) is 22.0 Å². The van der Waals surface area contributed by atoms with Gasteiger partial charge in [0.2, 0.25) is 0 Å². The minimum Gasteiger partial charge on any atom is -0.207 e. The second-order valence-electron chi connectivity index (χ2n) is 3.90. The van der Waals surface area contributed by atoms with Gasteiger partial charge in [0.25, 0.3) is 0 Å². The average Bonchev–Trinajstić information content (AvgIpc) is 2.32. The molecule has 0 aliphatic heterocycles. The number of alkyl halides is 1. The Hall–Kier alpha value is -0.760. The van der Waals surface area contributed by atoms with Crippen molar-refractivity contribution in [3.05, 3.63) is 69.5 Å². The summed E-state index contributed by atoms with van der Waals surface area (Å²) < 4.78 is 13.7. The van der Waals surface area contributed by atoms with Crippen molar-refractivity contribution in [2.45, 2.75) is 11.8 Å². The van der Waals surface area contributed by atoms with Gasteiger partial charge in [-0.2, -0.15) is 0 Å². The largest absolute Gasteiger partial charge is 0.207 e. The van der Waals surface area contributed by atoms with Crippen molar-refractivity contribution >= 4 is 34.8 Å². The van der Waals surface area contributed by atoms with Gasteiger partial charge in [-0.25, -0.2) is 4.39 Å². The first-order valence-corrected chi connectivity index (χ1v) is 6.60. The molecule has 0 nitrogen and oxygen atoms in total. The Morgan fingerprint density at radius 1 is 0.944 bits per heavy atom. The van der Waals surface area contributed by atoms with Crippen LogP contribution in [0.4, 0.5) is 4.39 Å². The van der Waals surface area contributed by atoms with Crippen molar-refractivity contribution in [2.75, 3.05) is 0 Å². The minimum atomic E-state index is -0.543. The SMILES string of the molecule is Fc1cccc(Cl)c1C(Cl)Cc1ccccc1Cl. The predicted octanol–water partition coefficient (Wildman–Crippen LogP) is 5.66. The highest BCUT2D eigenvalue weighted by Crippen LogP contribution is 2.34. The Labute approximate surface area is 120 Å². The van der Waals surface area contributed by atoms with Crippen molar-refractivity contribution in [3.8, 4) is 0 Å². The first-order chi connectivity index (χ1) is 8.59. The third-order valence-electron chi connectivity index (χ3n) is 2.67. The molecule has 1 atom stereocenters. The summed E-state index contributed by atoms with van der Waals surface area (Å²) in [5.41, 5.74) is 1.19. The van der Waals surface area contributed by atoms with E-state index in [1.807, 2.05) is 18.2 Å². The fourth-order valence-electron chi connectivity index (χ4n) is 1.77. The molecule has 0 aliphatic rings. The lowest BCUT2D eigenvalue weighted by Gasteiger charge is -2.13. The minimum absolute atomic E-state index is 0.320. The Balaban J connectivity index is 2.28. The molecule has 1 unspecified atom stereocenters. The molecule has 0 bridgehead atoms. The molecule has 0 radical (unpaired) electrons. The van der Waals surface area contributed by atoms with Gasteiger partial charge < -0.3 is 0 Å². The summed E-state index contributed by atoms with van der Waals surface area (Å²) >= 11 is 18.3. The fraction of sp³-hybridized carbons (Fsp3) is 0.143. The molecule has 0 fully saturated rings. The van der Waals surface area contributed by atoms with Gasteiger partial charge >= 0.3 is 0 Å². The molecular formula is C14H10Cl3F. The van der Waals surface area contributed by atoms with E-state index < -0.39 is 11.2 Å². The van der Waals surface area contributed by atoms with Gasteiger partial charge in [-0.15, -0.1) is 11.6 Å². The summed E-state index contributed by atoms with van der Waals surface area (Å²) in [4.78, 5) is 0. The monoisotopic (exact) mass is 302 g/mol. The molecule has 2 aromatic carbocycles. The number of hydrogen-bond donors (Lipinski definition) is 0. The molecule has 0 spiro atoms. The van der Waals surface area contributed by atoms with Crippen LogP contribution in [0.1, 0.15) is 16.5 Å². The van der Waals surface area contributed by atoms with Crippen molar-refractivity contribution in [1.29, 1.82) is 0 Å². The van der Waals surface area contributed by atoms with Crippen LogP contribution in [0.2, 0.25) is 10.0 Å². The molecule has 18 heavy (non-hydrogen) atoms. The summed E-state index contributed by atoms with van der Waals surface area (Å²) in [6.45, 7) is 0. The molecule has 0 aromatic heterocycles. The van der Waals surface area contributed by atoms with Crippen LogP contribution in [0.15, 0.2) is 42.5 Å². The third-order valence-corrected chi connectivity index (χ3v) is 3.74. The Morgan fingerprint density at radius 3 is 2.28 bits per heavy atom. The van der Waals surface area contributed by atoms with Gasteiger partial charge in [-0.3, -0.25) is 0 Å². The van der Waals surface area contributed by atoms with Crippen molar-refractivity contribution in [1.82, 2.24) is 0 Å².